The number of aromatic nitrogens is 2. The number of fused-ring (bicyclic) bond motifs is 1. The van der Waals surface area contributed by atoms with E-state index in [-0.39, 0.29) is 5.91 Å². The molecule has 23 heavy (non-hydrogen) atoms. The fourth-order valence-electron chi connectivity index (χ4n) is 2.52. The number of carbonyl (C=O) groups excluding carboxylic acids is 1. The van der Waals surface area contributed by atoms with E-state index in [1.54, 1.807) is 23.5 Å². The summed E-state index contributed by atoms with van der Waals surface area (Å²) in [5, 5.41) is 4.42. The summed E-state index contributed by atoms with van der Waals surface area (Å²) in [5.74, 6) is 0.0298. The number of rotatable bonds is 5. The monoisotopic (exact) mass is 363 g/mol. The molecule has 118 valence electrons. The van der Waals surface area contributed by atoms with Gasteiger partial charge in [-0.2, -0.15) is 0 Å². The van der Waals surface area contributed by atoms with Gasteiger partial charge in [-0.15, -0.1) is 22.7 Å². The molecule has 0 N–H and O–H groups in total. The second-order valence-electron chi connectivity index (χ2n) is 5.45. The molecule has 1 saturated carbocycles. The first-order valence-electron chi connectivity index (χ1n) is 7.34. The molecule has 3 aromatic rings. The van der Waals surface area contributed by atoms with Crippen LogP contribution in [-0.2, 0) is 11.3 Å². The number of hydrogen-bond acceptors (Lipinski definition) is 4. The summed E-state index contributed by atoms with van der Waals surface area (Å²) >= 11 is 9.37. The molecule has 0 atom stereocenters. The van der Waals surface area contributed by atoms with Gasteiger partial charge < -0.3 is 4.90 Å². The number of amides is 1. The van der Waals surface area contributed by atoms with Crippen LogP contribution in [-0.4, -0.2) is 26.2 Å². The molecule has 0 unspecified atom stereocenters. The molecule has 0 aromatic carbocycles. The van der Waals surface area contributed by atoms with Gasteiger partial charge in [0.1, 0.15) is 0 Å². The molecule has 0 radical (unpaired) electrons. The quantitative estimate of drug-likeness (QED) is 0.633. The summed E-state index contributed by atoms with van der Waals surface area (Å²) in [6.07, 6.45) is 7.47. The average Bonchev–Trinajstić information content (AvgIpc) is 2.94. The Labute approximate surface area is 146 Å². The first kappa shape index (κ1) is 14.9. The summed E-state index contributed by atoms with van der Waals surface area (Å²) in [6, 6.07) is 4.46. The molecule has 0 aliphatic heterocycles. The molecular formula is C16H14ClN3OS2. The van der Waals surface area contributed by atoms with E-state index in [1.807, 2.05) is 32.3 Å². The third-order valence-electron chi connectivity index (χ3n) is 3.81. The van der Waals surface area contributed by atoms with E-state index in [9.17, 15) is 4.79 Å². The predicted molar refractivity (Wildman–Crippen MR) is 95.0 cm³/mol. The SMILES string of the molecule is O=C(/C=C/c1c(Cl)nc2sccn12)N(Cc1cccs1)C1CC1. The first-order chi connectivity index (χ1) is 11.2. The minimum absolute atomic E-state index is 0.0298. The van der Waals surface area contributed by atoms with Crippen molar-refractivity contribution < 1.29 is 4.79 Å². The van der Waals surface area contributed by atoms with Crippen molar-refractivity contribution in [2.45, 2.75) is 25.4 Å². The lowest BCUT2D eigenvalue weighted by atomic mass is 10.3. The summed E-state index contributed by atoms with van der Waals surface area (Å²) in [4.78, 5) is 20.9. The molecule has 1 amide bonds. The molecule has 4 rings (SSSR count). The largest absolute Gasteiger partial charge is 0.331 e. The van der Waals surface area contributed by atoms with Crippen LogP contribution >= 0.6 is 34.3 Å². The number of imidazole rings is 1. The maximum atomic E-state index is 12.6. The number of nitrogens with zero attached hydrogens (tertiary/aromatic N) is 3. The van der Waals surface area contributed by atoms with Crippen molar-refractivity contribution in [3.8, 4) is 0 Å². The Morgan fingerprint density at radius 3 is 3.04 bits per heavy atom. The highest BCUT2D eigenvalue weighted by atomic mass is 35.5. The topological polar surface area (TPSA) is 37.6 Å². The lowest BCUT2D eigenvalue weighted by molar-refractivity contribution is -0.127. The maximum absolute atomic E-state index is 12.6. The molecule has 0 bridgehead atoms. The minimum Gasteiger partial charge on any atom is -0.331 e. The summed E-state index contributed by atoms with van der Waals surface area (Å²) in [7, 11) is 0. The van der Waals surface area contributed by atoms with Crippen LogP contribution in [0.3, 0.4) is 0 Å². The van der Waals surface area contributed by atoms with Gasteiger partial charge in [-0.1, -0.05) is 17.7 Å². The average molecular weight is 364 g/mol. The maximum Gasteiger partial charge on any atom is 0.247 e. The fraction of sp³-hybridized carbons (Fsp3) is 0.250. The van der Waals surface area contributed by atoms with Crippen molar-refractivity contribution in [1.82, 2.24) is 14.3 Å². The van der Waals surface area contributed by atoms with Crippen LogP contribution in [0.2, 0.25) is 5.15 Å². The van der Waals surface area contributed by atoms with Crippen molar-refractivity contribution in [1.29, 1.82) is 0 Å². The Bertz CT molecular complexity index is 861. The number of thiophene rings is 1. The van der Waals surface area contributed by atoms with Crippen molar-refractivity contribution >= 4 is 51.2 Å². The summed E-state index contributed by atoms with van der Waals surface area (Å²) in [5.41, 5.74) is 0.753. The standard InChI is InChI=1S/C16H14ClN3OS2/c17-15-13(19-7-9-23-16(19)18-15)5-6-14(21)20(11-3-4-11)10-12-2-1-8-22-12/h1-2,5-9,11H,3-4,10H2/b6-5+. The van der Waals surface area contributed by atoms with E-state index in [0.717, 1.165) is 23.5 Å². The van der Waals surface area contributed by atoms with E-state index in [4.69, 9.17) is 11.6 Å². The van der Waals surface area contributed by atoms with Gasteiger partial charge in [0.2, 0.25) is 5.91 Å². The fourth-order valence-corrected chi connectivity index (χ4v) is 4.22. The van der Waals surface area contributed by atoms with Crippen molar-refractivity contribution in [3.63, 3.8) is 0 Å². The van der Waals surface area contributed by atoms with E-state index < -0.39 is 0 Å². The zero-order chi connectivity index (χ0) is 15.8. The highest BCUT2D eigenvalue weighted by molar-refractivity contribution is 7.15. The van der Waals surface area contributed by atoms with Gasteiger partial charge in [-0.25, -0.2) is 4.98 Å². The number of hydrogen-bond donors (Lipinski definition) is 0. The van der Waals surface area contributed by atoms with Crippen LogP contribution in [0.5, 0.6) is 0 Å². The van der Waals surface area contributed by atoms with Crippen LogP contribution in [0.15, 0.2) is 35.2 Å². The third kappa shape index (κ3) is 3.06. The minimum atomic E-state index is 0.0298. The lowest BCUT2D eigenvalue weighted by Crippen LogP contribution is -2.30. The van der Waals surface area contributed by atoms with Crippen molar-refractivity contribution in [2.24, 2.45) is 0 Å². The van der Waals surface area contributed by atoms with Gasteiger partial charge >= 0.3 is 0 Å². The van der Waals surface area contributed by atoms with Gasteiger partial charge in [-0.3, -0.25) is 9.20 Å². The van der Waals surface area contributed by atoms with Gasteiger partial charge in [0.05, 0.1) is 12.2 Å². The Morgan fingerprint density at radius 1 is 1.43 bits per heavy atom. The Hall–Kier alpha value is -1.63. The lowest BCUT2D eigenvalue weighted by Gasteiger charge is -2.19. The Balaban J connectivity index is 1.55. The normalized spacial score (nSPS) is 14.8. The molecule has 1 fully saturated rings. The zero-order valence-corrected chi connectivity index (χ0v) is 14.6. The second-order valence-corrected chi connectivity index (χ2v) is 7.72. The van der Waals surface area contributed by atoms with Gasteiger partial charge in [0, 0.05) is 28.6 Å². The predicted octanol–water partition coefficient (Wildman–Crippen LogP) is 4.32. The molecule has 3 aromatic heterocycles. The molecular weight excluding hydrogens is 350 g/mol. The molecule has 4 nitrogen and oxygen atoms in total. The van der Waals surface area contributed by atoms with Crippen LogP contribution in [0.1, 0.15) is 23.4 Å². The smallest absolute Gasteiger partial charge is 0.247 e. The third-order valence-corrected chi connectivity index (χ3v) is 5.71. The summed E-state index contributed by atoms with van der Waals surface area (Å²) < 4.78 is 1.90. The van der Waals surface area contributed by atoms with Crippen LogP contribution in [0, 0.1) is 0 Å². The van der Waals surface area contributed by atoms with Gasteiger partial charge in [0.15, 0.2) is 10.1 Å². The van der Waals surface area contributed by atoms with Crippen LogP contribution < -0.4 is 0 Å². The van der Waals surface area contributed by atoms with E-state index in [2.05, 4.69) is 11.1 Å². The Morgan fingerprint density at radius 2 is 2.30 bits per heavy atom. The molecule has 1 aliphatic carbocycles. The number of halogens is 1. The van der Waals surface area contributed by atoms with Crippen molar-refractivity contribution in [2.75, 3.05) is 0 Å². The number of carbonyl (C=O) groups is 1. The van der Waals surface area contributed by atoms with Crippen LogP contribution in [0.4, 0.5) is 0 Å². The van der Waals surface area contributed by atoms with Crippen LogP contribution in [0.25, 0.3) is 11.0 Å². The van der Waals surface area contributed by atoms with Crippen molar-refractivity contribution in [3.05, 3.63) is 50.9 Å². The first-order valence-corrected chi connectivity index (χ1v) is 9.48. The van der Waals surface area contributed by atoms with E-state index in [1.165, 1.54) is 16.2 Å². The van der Waals surface area contributed by atoms with E-state index in [0.29, 0.717) is 17.7 Å². The molecule has 1 aliphatic rings. The van der Waals surface area contributed by atoms with E-state index >= 15 is 0 Å². The van der Waals surface area contributed by atoms with Gasteiger partial charge in [0.25, 0.3) is 0 Å². The molecule has 0 saturated heterocycles. The molecule has 0 spiro atoms. The van der Waals surface area contributed by atoms with Gasteiger partial charge in [-0.05, 0) is 30.4 Å². The number of thiazole rings is 1. The molecule has 7 heteroatoms. The highest BCUT2D eigenvalue weighted by Gasteiger charge is 2.31. The highest BCUT2D eigenvalue weighted by Crippen LogP contribution is 2.30. The summed E-state index contributed by atoms with van der Waals surface area (Å²) in [6.45, 7) is 0.680. The Kier molecular flexibility index (Phi) is 3.97. The zero-order valence-electron chi connectivity index (χ0n) is 12.2. The second kappa shape index (κ2) is 6.11. The molecule has 3 heterocycles.